The first-order valence-corrected chi connectivity index (χ1v) is 11.1. The number of hydrogen-bond acceptors (Lipinski definition) is 4. The number of aromatic nitrogens is 2. The Hall–Kier alpha value is -4.24. The standard InChI is InChI=1S/C28H26N2O4/c1-3-9-23-18-21(19-25(28(31)32)30-15-7-8-16-30)12-13-26(23)33-17-14-24-20(2)34-27(29-24)22-10-5-4-6-11-22/h4-8,10-13,15-16,18,25H,14,17,19H2,1-2H3,(H,31,32)/t25-/m0/s1. The summed E-state index contributed by atoms with van der Waals surface area (Å²) < 4.78 is 13.6. The topological polar surface area (TPSA) is 77.5 Å². The highest BCUT2D eigenvalue weighted by Gasteiger charge is 2.20. The molecule has 0 saturated heterocycles. The third kappa shape index (κ3) is 5.38. The Bertz CT molecular complexity index is 1310. The highest BCUT2D eigenvalue weighted by Crippen LogP contribution is 2.25. The van der Waals surface area contributed by atoms with Gasteiger partial charge in [-0.2, -0.15) is 0 Å². The molecule has 2 aromatic heterocycles. The van der Waals surface area contributed by atoms with Crippen molar-refractivity contribution >= 4 is 5.97 Å². The number of carboxylic acid groups (broad SMARTS) is 1. The number of benzene rings is 2. The molecule has 4 rings (SSSR count). The maximum atomic E-state index is 11.8. The Morgan fingerprint density at radius 3 is 2.62 bits per heavy atom. The van der Waals surface area contributed by atoms with Gasteiger partial charge in [-0.3, -0.25) is 0 Å². The van der Waals surface area contributed by atoms with Crippen molar-refractivity contribution in [2.24, 2.45) is 0 Å². The second-order valence-electron chi connectivity index (χ2n) is 7.88. The minimum atomic E-state index is -0.877. The van der Waals surface area contributed by atoms with Crippen molar-refractivity contribution in [2.75, 3.05) is 6.61 Å². The van der Waals surface area contributed by atoms with Gasteiger partial charge in [0.05, 0.1) is 17.9 Å². The summed E-state index contributed by atoms with van der Waals surface area (Å²) in [5.74, 6) is 7.15. The molecule has 0 fully saturated rings. The average Bonchev–Trinajstić information content (AvgIpc) is 3.49. The molecule has 172 valence electrons. The van der Waals surface area contributed by atoms with Crippen LogP contribution in [0.5, 0.6) is 5.75 Å². The quantitative estimate of drug-likeness (QED) is 0.347. The van der Waals surface area contributed by atoms with E-state index in [1.807, 2.05) is 67.6 Å². The molecule has 4 aromatic rings. The summed E-state index contributed by atoms with van der Waals surface area (Å²) in [6.45, 7) is 4.09. The number of carboxylic acids is 1. The third-order valence-corrected chi connectivity index (χ3v) is 5.51. The van der Waals surface area contributed by atoms with Crippen LogP contribution >= 0.6 is 0 Å². The lowest BCUT2D eigenvalue weighted by Crippen LogP contribution is -2.20. The van der Waals surface area contributed by atoms with Gasteiger partial charge in [0.25, 0.3) is 0 Å². The van der Waals surface area contributed by atoms with Gasteiger partial charge in [0.2, 0.25) is 5.89 Å². The lowest BCUT2D eigenvalue weighted by molar-refractivity contribution is -0.140. The molecule has 0 radical (unpaired) electrons. The summed E-state index contributed by atoms with van der Waals surface area (Å²) >= 11 is 0. The number of rotatable bonds is 9. The summed E-state index contributed by atoms with van der Waals surface area (Å²) in [6, 6.07) is 18.4. The van der Waals surface area contributed by atoms with E-state index >= 15 is 0 Å². The van der Waals surface area contributed by atoms with E-state index in [0.717, 1.165) is 28.1 Å². The van der Waals surface area contributed by atoms with Crippen molar-refractivity contribution in [3.63, 3.8) is 0 Å². The van der Waals surface area contributed by atoms with Crippen LogP contribution < -0.4 is 4.74 Å². The fourth-order valence-corrected chi connectivity index (χ4v) is 3.78. The minimum Gasteiger partial charge on any atom is -0.492 e. The smallest absolute Gasteiger partial charge is 0.327 e. The van der Waals surface area contributed by atoms with Crippen LogP contribution in [0.2, 0.25) is 0 Å². The molecule has 2 heterocycles. The van der Waals surface area contributed by atoms with E-state index < -0.39 is 12.0 Å². The van der Waals surface area contributed by atoms with Crippen LogP contribution in [0.1, 0.15) is 35.5 Å². The summed E-state index contributed by atoms with van der Waals surface area (Å²) in [6.07, 6.45) is 4.47. The number of aliphatic carboxylic acids is 1. The number of hydrogen-bond donors (Lipinski definition) is 1. The Morgan fingerprint density at radius 2 is 1.91 bits per heavy atom. The van der Waals surface area contributed by atoms with Gasteiger partial charge < -0.3 is 18.8 Å². The molecular formula is C28H26N2O4. The minimum absolute atomic E-state index is 0.350. The van der Waals surface area contributed by atoms with Crippen molar-refractivity contribution in [3.8, 4) is 29.0 Å². The molecule has 0 aliphatic heterocycles. The maximum absolute atomic E-state index is 11.8. The van der Waals surface area contributed by atoms with Crippen LogP contribution in [-0.4, -0.2) is 27.2 Å². The molecule has 0 aliphatic rings. The molecule has 0 spiro atoms. The van der Waals surface area contributed by atoms with Crippen molar-refractivity contribution in [1.82, 2.24) is 9.55 Å². The normalized spacial score (nSPS) is 11.5. The Balaban J connectivity index is 1.45. The molecular weight excluding hydrogens is 428 g/mol. The molecule has 1 N–H and O–H groups in total. The van der Waals surface area contributed by atoms with Crippen LogP contribution in [-0.2, 0) is 17.6 Å². The van der Waals surface area contributed by atoms with E-state index in [0.29, 0.717) is 31.1 Å². The Kier molecular flexibility index (Phi) is 7.14. The van der Waals surface area contributed by atoms with Crippen molar-refractivity contribution in [2.45, 2.75) is 32.7 Å². The monoisotopic (exact) mass is 454 g/mol. The summed E-state index contributed by atoms with van der Waals surface area (Å²) in [4.78, 5) is 16.4. The highest BCUT2D eigenvalue weighted by molar-refractivity contribution is 5.72. The van der Waals surface area contributed by atoms with Crippen LogP contribution in [0.3, 0.4) is 0 Å². The average molecular weight is 455 g/mol. The number of oxazole rings is 1. The fraction of sp³-hybridized carbons (Fsp3) is 0.214. The van der Waals surface area contributed by atoms with Gasteiger partial charge in [0, 0.05) is 30.8 Å². The van der Waals surface area contributed by atoms with Gasteiger partial charge in [-0.05, 0) is 55.8 Å². The van der Waals surface area contributed by atoms with Crippen molar-refractivity contribution < 1.29 is 19.1 Å². The zero-order valence-electron chi connectivity index (χ0n) is 19.2. The van der Waals surface area contributed by atoms with Gasteiger partial charge in [-0.25, -0.2) is 9.78 Å². The molecule has 0 aliphatic carbocycles. The maximum Gasteiger partial charge on any atom is 0.327 e. The largest absolute Gasteiger partial charge is 0.492 e. The van der Waals surface area contributed by atoms with Gasteiger partial charge in [0.15, 0.2) is 0 Å². The molecule has 0 unspecified atom stereocenters. The van der Waals surface area contributed by atoms with E-state index in [2.05, 4.69) is 16.8 Å². The van der Waals surface area contributed by atoms with E-state index in [1.54, 1.807) is 23.9 Å². The SMILES string of the molecule is CC#Cc1cc(C[C@@H](C(=O)O)n2cccc2)ccc1OCCc1nc(-c2ccccc2)oc1C. The molecule has 0 saturated carbocycles. The van der Waals surface area contributed by atoms with Gasteiger partial charge in [-0.15, -0.1) is 5.92 Å². The lowest BCUT2D eigenvalue weighted by Gasteiger charge is -2.16. The number of nitrogens with zero attached hydrogens (tertiary/aromatic N) is 2. The second kappa shape index (κ2) is 10.6. The first-order valence-electron chi connectivity index (χ1n) is 11.1. The number of aryl methyl sites for hydroxylation is 1. The molecule has 6 nitrogen and oxygen atoms in total. The molecule has 6 heteroatoms. The van der Waals surface area contributed by atoms with Gasteiger partial charge in [-0.1, -0.05) is 30.2 Å². The zero-order valence-corrected chi connectivity index (χ0v) is 19.2. The predicted molar refractivity (Wildman–Crippen MR) is 130 cm³/mol. The van der Waals surface area contributed by atoms with Gasteiger partial charge in [0.1, 0.15) is 17.6 Å². The van der Waals surface area contributed by atoms with Crippen molar-refractivity contribution in [3.05, 3.63) is 95.6 Å². The van der Waals surface area contributed by atoms with Crippen LogP contribution in [0.4, 0.5) is 0 Å². The van der Waals surface area contributed by atoms with Gasteiger partial charge >= 0.3 is 5.97 Å². The highest BCUT2D eigenvalue weighted by atomic mass is 16.5. The van der Waals surface area contributed by atoms with Crippen molar-refractivity contribution in [1.29, 1.82) is 0 Å². The number of ether oxygens (including phenoxy) is 1. The summed E-state index contributed by atoms with van der Waals surface area (Å²) in [7, 11) is 0. The second-order valence-corrected chi connectivity index (χ2v) is 7.88. The van der Waals surface area contributed by atoms with E-state index in [4.69, 9.17) is 9.15 Å². The summed E-state index contributed by atoms with van der Waals surface area (Å²) in [5, 5.41) is 9.67. The Morgan fingerprint density at radius 1 is 1.15 bits per heavy atom. The van der Waals surface area contributed by atoms with Crippen LogP contribution in [0.25, 0.3) is 11.5 Å². The lowest BCUT2D eigenvalue weighted by atomic mass is 10.0. The number of carbonyl (C=O) groups is 1. The van der Waals surface area contributed by atoms with E-state index in [-0.39, 0.29) is 0 Å². The van der Waals surface area contributed by atoms with E-state index in [1.165, 1.54) is 0 Å². The first-order chi connectivity index (χ1) is 16.5. The molecule has 2 aromatic carbocycles. The Labute approximate surface area is 198 Å². The first kappa shape index (κ1) is 22.9. The van der Waals surface area contributed by atoms with Crippen LogP contribution in [0.15, 0.2) is 77.5 Å². The van der Waals surface area contributed by atoms with Crippen LogP contribution in [0, 0.1) is 18.8 Å². The predicted octanol–water partition coefficient (Wildman–Crippen LogP) is 5.31. The fourth-order valence-electron chi connectivity index (χ4n) is 3.78. The summed E-state index contributed by atoms with van der Waals surface area (Å²) in [5.41, 5.74) is 3.41. The molecule has 34 heavy (non-hydrogen) atoms. The molecule has 0 amide bonds. The molecule has 0 bridgehead atoms. The zero-order chi connectivity index (χ0) is 23.9. The van der Waals surface area contributed by atoms with E-state index in [9.17, 15) is 9.90 Å². The third-order valence-electron chi connectivity index (χ3n) is 5.51. The molecule has 1 atom stereocenters.